The third kappa shape index (κ3) is 1.83. The number of hydrogen-bond acceptors (Lipinski definition) is 3. The maximum atomic E-state index is 10.7. The molecule has 0 aromatic heterocycles. The highest BCUT2D eigenvalue weighted by Crippen LogP contribution is 2.26. The molecule has 0 saturated carbocycles. The van der Waals surface area contributed by atoms with Crippen molar-refractivity contribution < 1.29 is 9.90 Å². The number of carboxylic acid groups (broad SMARTS) is 1. The van der Waals surface area contributed by atoms with Crippen LogP contribution in [0.1, 0.15) is 5.56 Å². The van der Waals surface area contributed by atoms with E-state index < -0.39 is 5.97 Å². The number of nitrogens with two attached hydrogens (primary N) is 1. The number of anilines is 1. The van der Waals surface area contributed by atoms with Crippen molar-refractivity contribution in [2.45, 2.75) is 6.42 Å². The van der Waals surface area contributed by atoms with Gasteiger partial charge >= 0.3 is 5.97 Å². The summed E-state index contributed by atoms with van der Waals surface area (Å²) < 4.78 is 0. The molecule has 0 bridgehead atoms. The van der Waals surface area contributed by atoms with Gasteiger partial charge in [0.05, 0.1) is 12.1 Å². The van der Waals surface area contributed by atoms with Crippen LogP contribution in [0.3, 0.4) is 0 Å². The molecule has 0 unspecified atom stereocenters. The van der Waals surface area contributed by atoms with E-state index in [2.05, 4.69) is 5.43 Å². The Kier molecular flexibility index (Phi) is 2.74. The number of hydrazine groups is 1. The lowest BCUT2D eigenvalue weighted by atomic mass is 10.0. The van der Waals surface area contributed by atoms with Crippen LogP contribution >= 0.6 is 0 Å². The Bertz CT molecular complexity index is 538. The van der Waals surface area contributed by atoms with Crippen molar-refractivity contribution in [2.24, 2.45) is 5.84 Å². The Morgan fingerprint density at radius 2 is 1.88 bits per heavy atom. The first-order valence-electron chi connectivity index (χ1n) is 4.91. The minimum Gasteiger partial charge on any atom is -0.481 e. The molecule has 4 nitrogen and oxygen atoms in total. The molecule has 4 N–H and O–H groups in total. The van der Waals surface area contributed by atoms with Gasteiger partial charge in [0, 0.05) is 5.39 Å². The van der Waals surface area contributed by atoms with Gasteiger partial charge in [-0.25, -0.2) is 0 Å². The Morgan fingerprint density at radius 1 is 1.19 bits per heavy atom. The van der Waals surface area contributed by atoms with Crippen molar-refractivity contribution in [3.63, 3.8) is 0 Å². The molecule has 0 aliphatic heterocycles. The molecule has 2 aromatic rings. The zero-order chi connectivity index (χ0) is 11.5. The van der Waals surface area contributed by atoms with E-state index in [1.807, 2.05) is 24.3 Å². The topological polar surface area (TPSA) is 75.3 Å². The summed E-state index contributed by atoms with van der Waals surface area (Å²) in [5.41, 5.74) is 4.19. The fourth-order valence-electron chi connectivity index (χ4n) is 1.80. The number of nitrogen functional groups attached to an aromatic ring is 1. The molecule has 0 aliphatic carbocycles. The van der Waals surface area contributed by atoms with Crippen LogP contribution in [0.4, 0.5) is 5.69 Å². The van der Waals surface area contributed by atoms with Gasteiger partial charge < -0.3 is 10.5 Å². The molecular weight excluding hydrogens is 204 g/mol. The number of carbonyl (C=O) groups is 1. The lowest BCUT2D eigenvalue weighted by Gasteiger charge is -2.09. The lowest BCUT2D eigenvalue weighted by molar-refractivity contribution is -0.136. The molecule has 0 fully saturated rings. The van der Waals surface area contributed by atoms with E-state index in [0.29, 0.717) is 0 Å². The van der Waals surface area contributed by atoms with Crippen LogP contribution in [0.2, 0.25) is 0 Å². The van der Waals surface area contributed by atoms with Crippen molar-refractivity contribution in [2.75, 3.05) is 5.43 Å². The Balaban J connectivity index is 2.64. The van der Waals surface area contributed by atoms with Gasteiger partial charge in [-0.2, -0.15) is 0 Å². The quantitative estimate of drug-likeness (QED) is 0.539. The maximum Gasteiger partial charge on any atom is 0.307 e. The maximum absolute atomic E-state index is 10.7. The molecule has 0 aliphatic rings. The van der Waals surface area contributed by atoms with E-state index in [1.54, 1.807) is 12.1 Å². The summed E-state index contributed by atoms with van der Waals surface area (Å²) in [4.78, 5) is 10.7. The molecule has 0 radical (unpaired) electrons. The average Bonchev–Trinajstić information content (AvgIpc) is 2.29. The molecule has 0 spiro atoms. The van der Waals surface area contributed by atoms with Crippen LogP contribution in [-0.4, -0.2) is 11.1 Å². The predicted molar refractivity (Wildman–Crippen MR) is 63.1 cm³/mol. The van der Waals surface area contributed by atoms with Crippen LogP contribution < -0.4 is 11.3 Å². The van der Waals surface area contributed by atoms with Crippen molar-refractivity contribution in [1.82, 2.24) is 0 Å². The number of aliphatic carboxylic acids is 1. The van der Waals surface area contributed by atoms with Crippen LogP contribution in [0.25, 0.3) is 10.8 Å². The zero-order valence-corrected chi connectivity index (χ0v) is 8.60. The summed E-state index contributed by atoms with van der Waals surface area (Å²) >= 11 is 0. The summed E-state index contributed by atoms with van der Waals surface area (Å²) in [6, 6.07) is 11.2. The average molecular weight is 216 g/mol. The van der Waals surface area contributed by atoms with Gasteiger partial charge in [-0.05, 0) is 17.0 Å². The summed E-state index contributed by atoms with van der Waals surface area (Å²) in [5, 5.41) is 10.7. The highest BCUT2D eigenvalue weighted by atomic mass is 16.4. The molecule has 0 atom stereocenters. The minimum absolute atomic E-state index is 0.0192. The molecule has 0 saturated heterocycles. The van der Waals surface area contributed by atoms with Crippen molar-refractivity contribution >= 4 is 22.4 Å². The number of fused-ring (bicyclic) bond motifs is 1. The van der Waals surface area contributed by atoms with Crippen molar-refractivity contribution in [3.8, 4) is 0 Å². The summed E-state index contributed by atoms with van der Waals surface area (Å²) in [5.74, 6) is 4.57. The molecule has 2 rings (SSSR count). The number of rotatable bonds is 3. The Morgan fingerprint density at radius 3 is 2.50 bits per heavy atom. The summed E-state index contributed by atoms with van der Waals surface area (Å²) in [6.45, 7) is 0. The second-order valence-corrected chi connectivity index (χ2v) is 3.53. The monoisotopic (exact) mass is 216 g/mol. The fraction of sp³-hybridized carbons (Fsp3) is 0.0833. The van der Waals surface area contributed by atoms with Crippen LogP contribution in [0.15, 0.2) is 36.4 Å². The third-order valence-corrected chi connectivity index (χ3v) is 2.51. The standard InChI is InChI=1S/C12H12N2O2/c13-14-11-6-5-8(7-12(15)16)9-3-1-2-4-10(9)11/h1-6,14H,7,13H2,(H,15,16). The van der Waals surface area contributed by atoms with Crippen LogP contribution in [0.5, 0.6) is 0 Å². The van der Waals surface area contributed by atoms with Gasteiger partial charge in [-0.3, -0.25) is 10.6 Å². The van der Waals surface area contributed by atoms with Gasteiger partial charge in [0.15, 0.2) is 0 Å². The number of carboxylic acids is 1. The van der Waals surface area contributed by atoms with Crippen molar-refractivity contribution in [1.29, 1.82) is 0 Å². The first-order chi connectivity index (χ1) is 7.72. The normalized spacial score (nSPS) is 10.3. The third-order valence-electron chi connectivity index (χ3n) is 2.51. The molecule has 2 aromatic carbocycles. The predicted octanol–water partition coefficient (Wildman–Crippen LogP) is 1.75. The molecule has 4 heteroatoms. The number of benzene rings is 2. The van der Waals surface area contributed by atoms with E-state index in [0.717, 1.165) is 22.0 Å². The van der Waals surface area contributed by atoms with E-state index in [1.165, 1.54) is 0 Å². The van der Waals surface area contributed by atoms with Gasteiger partial charge in [0.25, 0.3) is 0 Å². The Hall–Kier alpha value is -2.07. The zero-order valence-electron chi connectivity index (χ0n) is 8.60. The molecular formula is C12H12N2O2. The first-order valence-corrected chi connectivity index (χ1v) is 4.91. The SMILES string of the molecule is NNc1ccc(CC(=O)O)c2ccccc12. The smallest absolute Gasteiger partial charge is 0.307 e. The molecule has 16 heavy (non-hydrogen) atoms. The molecule has 0 amide bonds. The van der Waals surface area contributed by atoms with Crippen molar-refractivity contribution in [3.05, 3.63) is 42.0 Å². The van der Waals surface area contributed by atoms with Gasteiger partial charge in [0.1, 0.15) is 0 Å². The molecule has 82 valence electrons. The largest absolute Gasteiger partial charge is 0.481 e. The molecule has 0 heterocycles. The first kappa shape index (κ1) is 10.4. The summed E-state index contributed by atoms with van der Waals surface area (Å²) in [7, 11) is 0. The second kappa shape index (κ2) is 4.20. The van der Waals surface area contributed by atoms with Crippen LogP contribution in [0, 0.1) is 0 Å². The highest BCUT2D eigenvalue weighted by molar-refractivity contribution is 5.97. The van der Waals surface area contributed by atoms with Gasteiger partial charge in [-0.15, -0.1) is 0 Å². The minimum atomic E-state index is -0.835. The number of nitrogens with one attached hydrogen (secondary N) is 1. The van der Waals surface area contributed by atoms with Gasteiger partial charge in [0.2, 0.25) is 0 Å². The fourth-order valence-corrected chi connectivity index (χ4v) is 1.80. The lowest BCUT2D eigenvalue weighted by Crippen LogP contribution is -2.08. The number of hydrogen-bond donors (Lipinski definition) is 3. The van der Waals surface area contributed by atoms with E-state index in [9.17, 15) is 4.79 Å². The van der Waals surface area contributed by atoms with Crippen LogP contribution in [-0.2, 0) is 11.2 Å². The van der Waals surface area contributed by atoms with E-state index >= 15 is 0 Å². The van der Waals surface area contributed by atoms with E-state index in [-0.39, 0.29) is 6.42 Å². The second-order valence-electron chi connectivity index (χ2n) is 3.53. The summed E-state index contributed by atoms with van der Waals surface area (Å²) in [6.07, 6.45) is 0.0192. The van der Waals surface area contributed by atoms with Gasteiger partial charge in [-0.1, -0.05) is 30.3 Å². The highest BCUT2D eigenvalue weighted by Gasteiger charge is 2.07. The Labute approximate surface area is 92.7 Å². The van der Waals surface area contributed by atoms with E-state index in [4.69, 9.17) is 10.9 Å².